The summed E-state index contributed by atoms with van der Waals surface area (Å²) in [5, 5.41) is 17.5. The quantitative estimate of drug-likeness (QED) is 0.443. The third-order valence-electron chi connectivity index (χ3n) is 1.29. The Labute approximate surface area is 101 Å². The van der Waals surface area contributed by atoms with E-state index >= 15 is 0 Å². The summed E-state index contributed by atoms with van der Waals surface area (Å²) >= 11 is 0. The Bertz CT molecular complexity index is 354. The van der Waals surface area contributed by atoms with E-state index in [1.807, 2.05) is 0 Å². The van der Waals surface area contributed by atoms with Crippen molar-refractivity contribution in [3.8, 4) is 5.75 Å². The number of rotatable bonds is 3. The van der Waals surface area contributed by atoms with Crippen molar-refractivity contribution in [3.63, 3.8) is 0 Å². The maximum absolute atomic E-state index is 10.5. The van der Waals surface area contributed by atoms with Crippen molar-refractivity contribution in [2.45, 2.75) is 0 Å². The van der Waals surface area contributed by atoms with Gasteiger partial charge in [0.15, 0.2) is 0 Å². The largest absolute Gasteiger partial charge is 0.478 e. The molecule has 1 aromatic rings. The zero-order valence-corrected chi connectivity index (χ0v) is 9.34. The van der Waals surface area contributed by atoms with Gasteiger partial charge in [0.05, 0.1) is 5.56 Å². The van der Waals surface area contributed by atoms with Gasteiger partial charge in [-0.1, -0.05) is 12.1 Å². The second-order valence-electron chi connectivity index (χ2n) is 2.12. The van der Waals surface area contributed by atoms with Crippen LogP contribution in [-0.2, 0) is 0 Å². The van der Waals surface area contributed by atoms with Crippen LogP contribution < -0.4 is 4.84 Å². The number of hydrogen-bond acceptors (Lipinski definition) is 4. The Morgan fingerprint density at radius 3 is 2.50 bits per heavy atom. The van der Waals surface area contributed by atoms with Crippen LogP contribution in [-0.4, -0.2) is 45.7 Å². The average molecular weight is 206 g/mol. The number of aromatic carboxylic acids is 1. The van der Waals surface area contributed by atoms with Gasteiger partial charge in [-0.25, -0.2) is 4.79 Å². The van der Waals surface area contributed by atoms with Crippen LogP contribution in [0.15, 0.2) is 24.3 Å². The van der Waals surface area contributed by atoms with Crippen LogP contribution in [0.1, 0.15) is 10.4 Å². The first kappa shape index (κ1) is 12.9. The molecular weight excluding hydrogens is 201 g/mol. The zero-order valence-electron chi connectivity index (χ0n) is 7.34. The van der Waals surface area contributed by atoms with Crippen molar-refractivity contribution < 1.29 is 19.8 Å². The van der Waals surface area contributed by atoms with Gasteiger partial charge in [-0.05, 0) is 12.1 Å². The molecule has 0 amide bonds. The molecule has 1 aromatic carbocycles. The molecule has 0 aliphatic carbocycles. The molecule has 0 aliphatic heterocycles. The number of benzene rings is 1. The fourth-order valence-electron chi connectivity index (χ4n) is 0.803. The van der Waals surface area contributed by atoms with Gasteiger partial charge in [0, 0.05) is 29.6 Å². The monoisotopic (exact) mass is 206 g/mol. The van der Waals surface area contributed by atoms with Crippen molar-refractivity contribution in [2.24, 2.45) is 0 Å². The molecule has 6 nitrogen and oxygen atoms in total. The van der Waals surface area contributed by atoms with Gasteiger partial charge < -0.3 is 5.11 Å². The third-order valence-corrected chi connectivity index (χ3v) is 1.29. The first-order valence-corrected chi connectivity index (χ1v) is 3.26. The molecule has 1 N–H and O–H groups in total. The van der Waals surface area contributed by atoms with Crippen molar-refractivity contribution in [2.75, 3.05) is 0 Å². The fourth-order valence-corrected chi connectivity index (χ4v) is 0.803. The maximum Gasteiger partial charge on any atom is 0.337 e. The number of nitrogens with zero attached hydrogens (tertiary/aromatic N) is 1. The Hall–Kier alpha value is -1.11. The fraction of sp³-hybridized carbons (Fsp3) is 0. The second kappa shape index (κ2) is 5.58. The number of hydrogen-bond donors (Lipinski definition) is 1. The normalized spacial score (nSPS) is 8.57. The van der Waals surface area contributed by atoms with E-state index < -0.39 is 11.1 Å². The van der Waals surface area contributed by atoms with Crippen LogP contribution in [0.5, 0.6) is 5.75 Å². The summed E-state index contributed by atoms with van der Waals surface area (Å²) in [5.74, 6) is -1.54. The van der Waals surface area contributed by atoms with Gasteiger partial charge in [0.2, 0.25) is 0 Å². The van der Waals surface area contributed by atoms with Crippen LogP contribution >= 0.6 is 0 Å². The van der Waals surface area contributed by atoms with E-state index in [4.69, 9.17) is 5.11 Å². The minimum Gasteiger partial charge on any atom is -0.478 e. The number of carboxylic acid groups (broad SMARTS) is 1. The molecule has 0 atom stereocenters. The van der Waals surface area contributed by atoms with Crippen LogP contribution in [0.25, 0.3) is 0 Å². The molecule has 0 spiro atoms. The summed E-state index contributed by atoms with van der Waals surface area (Å²) < 4.78 is 0. The molecule has 0 aromatic heterocycles. The van der Waals surface area contributed by atoms with E-state index in [2.05, 4.69) is 4.84 Å². The molecule has 0 fully saturated rings. The molecule has 1 radical (unpaired) electrons. The van der Waals surface area contributed by atoms with Crippen molar-refractivity contribution in [1.29, 1.82) is 0 Å². The Morgan fingerprint density at radius 2 is 2.00 bits per heavy atom. The van der Waals surface area contributed by atoms with Gasteiger partial charge in [-0.2, -0.15) is 0 Å². The average Bonchev–Trinajstić information content (AvgIpc) is 2.03. The minimum atomic E-state index is -1.27. The predicted octanol–water partition coefficient (Wildman–Crippen LogP) is 0.574. The van der Waals surface area contributed by atoms with Crippen molar-refractivity contribution in [3.05, 3.63) is 39.9 Å². The second-order valence-corrected chi connectivity index (χ2v) is 2.12. The van der Waals surface area contributed by atoms with E-state index in [0.717, 1.165) is 0 Å². The summed E-state index contributed by atoms with van der Waals surface area (Å²) in [6.45, 7) is 0. The summed E-state index contributed by atoms with van der Waals surface area (Å²) in [4.78, 5) is 24.5. The summed E-state index contributed by atoms with van der Waals surface area (Å²) in [5.41, 5.74) is -0.237. The van der Waals surface area contributed by atoms with E-state index in [9.17, 15) is 14.9 Å². The van der Waals surface area contributed by atoms with Crippen LogP contribution in [0.4, 0.5) is 0 Å². The molecule has 1 rings (SSSR count). The molecule has 0 saturated carbocycles. The first-order valence-electron chi connectivity index (χ1n) is 3.26. The molecule has 69 valence electrons. The Kier molecular flexibility index (Phi) is 5.14. The van der Waals surface area contributed by atoms with Crippen LogP contribution in [0, 0.1) is 10.1 Å². The van der Waals surface area contributed by atoms with Gasteiger partial charge in [0.1, 0.15) is 5.75 Å². The number of carboxylic acids is 1. The van der Waals surface area contributed by atoms with Gasteiger partial charge in [-0.3, -0.25) is 4.84 Å². The molecule has 0 heterocycles. The maximum atomic E-state index is 10.5. The van der Waals surface area contributed by atoms with E-state index in [1.165, 1.54) is 24.3 Å². The summed E-state index contributed by atoms with van der Waals surface area (Å²) in [6, 6.07) is 5.34. The summed E-state index contributed by atoms with van der Waals surface area (Å²) in [7, 11) is 0. The van der Waals surface area contributed by atoms with E-state index in [0.29, 0.717) is 0 Å². The molecule has 0 aliphatic rings. The first-order chi connectivity index (χ1) is 6.11. The predicted molar refractivity (Wildman–Crippen MR) is 46.8 cm³/mol. The standard InChI is InChI=1S/C7H5NO5.Na/c9-7(10)5-3-1-2-4-6(5)13-8(11)12;/h1-4H,(H,9,10);. The zero-order chi connectivity index (χ0) is 9.84. The van der Waals surface area contributed by atoms with Gasteiger partial charge >= 0.3 is 5.97 Å². The van der Waals surface area contributed by atoms with E-state index in [-0.39, 0.29) is 40.9 Å². The molecule has 0 saturated heterocycles. The number of para-hydroxylation sites is 1. The molecular formula is C7H5NNaO5. The molecule has 0 unspecified atom stereocenters. The Morgan fingerprint density at radius 1 is 1.43 bits per heavy atom. The van der Waals surface area contributed by atoms with Crippen molar-refractivity contribution >= 4 is 35.5 Å². The smallest absolute Gasteiger partial charge is 0.337 e. The van der Waals surface area contributed by atoms with Crippen molar-refractivity contribution in [1.82, 2.24) is 0 Å². The van der Waals surface area contributed by atoms with Crippen LogP contribution in [0.2, 0.25) is 0 Å². The third kappa shape index (κ3) is 3.33. The van der Waals surface area contributed by atoms with E-state index in [1.54, 1.807) is 0 Å². The summed E-state index contributed by atoms with van der Waals surface area (Å²) in [6.07, 6.45) is 0. The van der Waals surface area contributed by atoms with Gasteiger partial charge in [0.25, 0.3) is 5.09 Å². The SMILES string of the molecule is O=C(O)c1ccccc1O[N+](=O)[O-].[Na]. The van der Waals surface area contributed by atoms with Gasteiger partial charge in [-0.15, -0.1) is 10.1 Å². The minimum absolute atomic E-state index is 0. The molecule has 14 heavy (non-hydrogen) atoms. The Balaban J connectivity index is 0.00000169. The van der Waals surface area contributed by atoms with Crippen LogP contribution in [0.3, 0.4) is 0 Å². The molecule has 7 heteroatoms. The molecule has 0 bridgehead atoms. The number of carbonyl (C=O) groups is 1. The topological polar surface area (TPSA) is 89.7 Å².